The number of hydrogen-bond donors (Lipinski definition) is 0. The Morgan fingerprint density at radius 2 is 2.40 bits per heavy atom. The van der Waals surface area contributed by atoms with Crippen molar-refractivity contribution >= 4 is 6.21 Å². The lowest BCUT2D eigenvalue weighted by Crippen LogP contribution is -1.73. The second-order valence-corrected chi connectivity index (χ2v) is 2.54. The van der Waals surface area contributed by atoms with Gasteiger partial charge in [0.2, 0.25) is 0 Å². The van der Waals surface area contributed by atoms with Gasteiger partial charge in [-0.3, -0.25) is 4.99 Å². The molecule has 54 valence electrons. The van der Waals surface area contributed by atoms with Crippen LogP contribution in [0.3, 0.4) is 0 Å². The molecule has 0 aliphatic carbocycles. The van der Waals surface area contributed by atoms with Gasteiger partial charge < -0.3 is 0 Å². The minimum absolute atomic E-state index is 1.04. The highest BCUT2D eigenvalue weighted by Crippen LogP contribution is 2.10. The lowest BCUT2D eigenvalue weighted by molar-refractivity contribution is 1.05. The van der Waals surface area contributed by atoms with Gasteiger partial charge in [0, 0.05) is 11.9 Å². The minimum atomic E-state index is 1.04. The summed E-state index contributed by atoms with van der Waals surface area (Å²) in [6.45, 7) is 4.25. The quantitative estimate of drug-likeness (QED) is 0.524. The van der Waals surface area contributed by atoms with Crippen molar-refractivity contribution in [3.05, 3.63) is 23.4 Å². The Balaban J connectivity index is 2.69. The van der Waals surface area contributed by atoms with E-state index in [9.17, 15) is 0 Å². The standard InChI is InChI=1S/C9H13N/c1-3-9-5-4-8(2)6-7-10-9/h5-7H,3-4H2,1-2H3. The van der Waals surface area contributed by atoms with Gasteiger partial charge in [0.25, 0.3) is 0 Å². The zero-order valence-corrected chi connectivity index (χ0v) is 6.59. The van der Waals surface area contributed by atoms with Gasteiger partial charge in [0.1, 0.15) is 0 Å². The molecule has 10 heavy (non-hydrogen) atoms. The Morgan fingerprint density at radius 1 is 1.60 bits per heavy atom. The Morgan fingerprint density at radius 3 is 3.10 bits per heavy atom. The summed E-state index contributed by atoms with van der Waals surface area (Å²) in [7, 11) is 0. The van der Waals surface area contributed by atoms with Gasteiger partial charge >= 0.3 is 0 Å². The number of hydrogen-bond acceptors (Lipinski definition) is 1. The summed E-state index contributed by atoms with van der Waals surface area (Å²) in [5.74, 6) is 0. The molecule has 1 aliphatic heterocycles. The molecule has 0 bridgehead atoms. The van der Waals surface area contributed by atoms with E-state index in [1.165, 1.54) is 11.3 Å². The molecule has 0 aromatic rings. The van der Waals surface area contributed by atoms with E-state index in [-0.39, 0.29) is 0 Å². The second-order valence-electron chi connectivity index (χ2n) is 2.54. The van der Waals surface area contributed by atoms with Crippen LogP contribution in [0.25, 0.3) is 0 Å². The Bertz CT molecular complexity index is 197. The number of nitrogens with zero attached hydrogens (tertiary/aromatic N) is 1. The monoisotopic (exact) mass is 135 g/mol. The fraction of sp³-hybridized carbons (Fsp3) is 0.444. The zero-order chi connectivity index (χ0) is 7.40. The maximum Gasteiger partial charge on any atom is 0.0364 e. The van der Waals surface area contributed by atoms with E-state index in [1.807, 2.05) is 6.21 Å². The first-order valence-corrected chi connectivity index (χ1v) is 3.71. The molecule has 0 aromatic carbocycles. The van der Waals surface area contributed by atoms with Crippen molar-refractivity contribution in [1.82, 2.24) is 0 Å². The first kappa shape index (κ1) is 7.26. The van der Waals surface area contributed by atoms with Crippen LogP contribution in [0.4, 0.5) is 0 Å². The molecule has 0 unspecified atom stereocenters. The molecule has 1 heterocycles. The second kappa shape index (κ2) is 3.35. The fourth-order valence-electron chi connectivity index (χ4n) is 0.895. The number of allylic oxidation sites excluding steroid dienone is 4. The van der Waals surface area contributed by atoms with Crippen molar-refractivity contribution in [2.45, 2.75) is 26.7 Å². The van der Waals surface area contributed by atoms with Crippen LogP contribution in [0.5, 0.6) is 0 Å². The van der Waals surface area contributed by atoms with E-state index in [4.69, 9.17) is 0 Å². The van der Waals surface area contributed by atoms with Crippen molar-refractivity contribution in [2.75, 3.05) is 0 Å². The Hall–Kier alpha value is -0.850. The van der Waals surface area contributed by atoms with Gasteiger partial charge in [-0.1, -0.05) is 18.6 Å². The van der Waals surface area contributed by atoms with Crippen molar-refractivity contribution in [1.29, 1.82) is 0 Å². The highest BCUT2D eigenvalue weighted by molar-refractivity contribution is 5.73. The summed E-state index contributed by atoms with van der Waals surface area (Å²) in [5, 5.41) is 0. The van der Waals surface area contributed by atoms with Crippen molar-refractivity contribution in [3.8, 4) is 0 Å². The van der Waals surface area contributed by atoms with E-state index in [1.54, 1.807) is 0 Å². The van der Waals surface area contributed by atoms with Crippen LogP contribution >= 0.6 is 0 Å². The largest absolute Gasteiger partial charge is 0.262 e. The topological polar surface area (TPSA) is 12.4 Å². The van der Waals surface area contributed by atoms with Crippen LogP contribution in [0, 0.1) is 0 Å². The molecule has 0 amide bonds. The summed E-state index contributed by atoms with van der Waals surface area (Å²) in [4.78, 5) is 4.25. The third kappa shape index (κ3) is 1.83. The zero-order valence-electron chi connectivity index (χ0n) is 6.59. The molecule has 1 rings (SSSR count). The van der Waals surface area contributed by atoms with Crippen LogP contribution < -0.4 is 0 Å². The molecule has 1 aliphatic rings. The molecule has 0 fully saturated rings. The molecule has 1 nitrogen and oxygen atoms in total. The average Bonchev–Trinajstić information content (AvgIpc) is 2.14. The molecular weight excluding hydrogens is 122 g/mol. The molecule has 0 aromatic heterocycles. The highest BCUT2D eigenvalue weighted by Gasteiger charge is 1.93. The molecule has 0 spiro atoms. The first-order valence-electron chi connectivity index (χ1n) is 3.71. The fourth-order valence-corrected chi connectivity index (χ4v) is 0.895. The summed E-state index contributed by atoms with van der Waals surface area (Å²) in [6, 6.07) is 0. The van der Waals surface area contributed by atoms with Crippen LogP contribution in [0.15, 0.2) is 28.4 Å². The van der Waals surface area contributed by atoms with Gasteiger partial charge in [0.05, 0.1) is 0 Å². The van der Waals surface area contributed by atoms with E-state index in [0.717, 1.165) is 12.8 Å². The maximum atomic E-state index is 4.25. The van der Waals surface area contributed by atoms with Crippen molar-refractivity contribution in [2.24, 2.45) is 4.99 Å². The van der Waals surface area contributed by atoms with E-state index in [2.05, 4.69) is 31.0 Å². The molecule has 1 heteroatoms. The van der Waals surface area contributed by atoms with Crippen molar-refractivity contribution < 1.29 is 0 Å². The number of aliphatic imine (C=N–C) groups is 1. The van der Waals surface area contributed by atoms with E-state index >= 15 is 0 Å². The summed E-state index contributed by atoms with van der Waals surface area (Å²) >= 11 is 0. The van der Waals surface area contributed by atoms with E-state index < -0.39 is 0 Å². The SMILES string of the molecule is CCC1=CCC(C)=CC=N1. The lowest BCUT2D eigenvalue weighted by atomic mass is 10.2. The lowest BCUT2D eigenvalue weighted by Gasteiger charge is -1.92. The van der Waals surface area contributed by atoms with Crippen LogP contribution in [0.2, 0.25) is 0 Å². The Kier molecular flexibility index (Phi) is 2.43. The van der Waals surface area contributed by atoms with Gasteiger partial charge in [0.15, 0.2) is 0 Å². The number of rotatable bonds is 1. The van der Waals surface area contributed by atoms with Gasteiger partial charge in [-0.05, 0) is 25.8 Å². The third-order valence-electron chi connectivity index (χ3n) is 1.62. The third-order valence-corrected chi connectivity index (χ3v) is 1.62. The summed E-state index contributed by atoms with van der Waals surface area (Å²) in [5.41, 5.74) is 2.58. The molecule has 0 atom stereocenters. The molecule has 0 saturated heterocycles. The molecular formula is C9H13N. The van der Waals surface area contributed by atoms with Crippen LogP contribution in [0.1, 0.15) is 26.7 Å². The van der Waals surface area contributed by atoms with Gasteiger partial charge in [-0.15, -0.1) is 0 Å². The van der Waals surface area contributed by atoms with Crippen LogP contribution in [-0.2, 0) is 0 Å². The smallest absolute Gasteiger partial charge is 0.0364 e. The van der Waals surface area contributed by atoms with Gasteiger partial charge in [-0.2, -0.15) is 0 Å². The van der Waals surface area contributed by atoms with Crippen LogP contribution in [-0.4, -0.2) is 6.21 Å². The average molecular weight is 135 g/mol. The summed E-state index contributed by atoms with van der Waals surface area (Å²) < 4.78 is 0. The normalized spacial score (nSPS) is 17.8. The van der Waals surface area contributed by atoms with Gasteiger partial charge in [-0.25, -0.2) is 0 Å². The first-order chi connectivity index (χ1) is 4.83. The molecule has 0 radical (unpaired) electrons. The highest BCUT2D eigenvalue weighted by atomic mass is 14.7. The molecule has 0 saturated carbocycles. The predicted molar refractivity (Wildman–Crippen MR) is 45.2 cm³/mol. The maximum absolute atomic E-state index is 4.25. The Labute approximate surface area is 62.2 Å². The van der Waals surface area contributed by atoms with Crippen molar-refractivity contribution in [3.63, 3.8) is 0 Å². The molecule has 0 N–H and O–H groups in total. The minimum Gasteiger partial charge on any atom is -0.262 e. The predicted octanol–water partition coefficient (Wildman–Crippen LogP) is 2.70. The summed E-state index contributed by atoms with van der Waals surface area (Å²) in [6.07, 6.45) is 8.24. The van der Waals surface area contributed by atoms with E-state index in [0.29, 0.717) is 0 Å².